The van der Waals surface area contributed by atoms with Crippen LogP contribution in [0.25, 0.3) is 0 Å². The van der Waals surface area contributed by atoms with Crippen LogP contribution in [0.2, 0.25) is 0 Å². The molecule has 0 radical (unpaired) electrons. The number of carbonyl (C=O) groups excluding carboxylic acids is 2. The topological polar surface area (TPSA) is 58.6 Å². The molecule has 0 atom stereocenters. The molecule has 0 fully saturated rings. The van der Waals surface area contributed by atoms with E-state index in [1.807, 2.05) is 13.8 Å². The van der Waals surface area contributed by atoms with E-state index in [1.54, 1.807) is 6.92 Å². The molecular formula is C9H18N2O3. The maximum absolute atomic E-state index is 11.3. The van der Waals surface area contributed by atoms with E-state index in [9.17, 15) is 9.59 Å². The second-order valence-corrected chi connectivity index (χ2v) is 2.65. The number of esters is 1. The van der Waals surface area contributed by atoms with Crippen LogP contribution in [0.5, 0.6) is 0 Å². The highest BCUT2D eigenvalue weighted by atomic mass is 16.5. The van der Waals surface area contributed by atoms with E-state index in [0.717, 1.165) is 0 Å². The minimum absolute atomic E-state index is 0.0101. The van der Waals surface area contributed by atoms with Gasteiger partial charge in [-0.15, -0.1) is 0 Å². The molecule has 0 aromatic rings. The molecule has 2 amide bonds. The van der Waals surface area contributed by atoms with Crippen LogP contribution in [0.15, 0.2) is 0 Å². The van der Waals surface area contributed by atoms with Gasteiger partial charge in [-0.1, -0.05) is 0 Å². The molecule has 0 rings (SSSR count). The molecule has 0 aromatic carbocycles. The van der Waals surface area contributed by atoms with E-state index in [1.165, 1.54) is 4.90 Å². The molecule has 82 valence electrons. The Morgan fingerprint density at radius 1 is 1.29 bits per heavy atom. The zero-order valence-corrected chi connectivity index (χ0v) is 9.00. The van der Waals surface area contributed by atoms with E-state index in [4.69, 9.17) is 4.74 Å². The number of nitrogens with zero attached hydrogens (tertiary/aromatic N) is 1. The zero-order chi connectivity index (χ0) is 11.0. The third-order valence-electron chi connectivity index (χ3n) is 1.62. The van der Waals surface area contributed by atoms with E-state index < -0.39 is 0 Å². The fraction of sp³-hybridized carbons (Fsp3) is 0.778. The Kier molecular flexibility index (Phi) is 6.53. The Hall–Kier alpha value is -1.26. The lowest BCUT2D eigenvalue weighted by atomic mass is 10.5. The van der Waals surface area contributed by atoms with Crippen LogP contribution in [0.4, 0.5) is 4.79 Å². The lowest BCUT2D eigenvalue weighted by molar-refractivity contribution is -0.143. The molecule has 0 unspecified atom stereocenters. The lowest BCUT2D eigenvalue weighted by Gasteiger charge is -2.19. The first-order valence-corrected chi connectivity index (χ1v) is 4.84. The number of ether oxygens (including phenoxy) is 1. The number of hydrogen-bond donors (Lipinski definition) is 1. The summed E-state index contributed by atoms with van der Waals surface area (Å²) in [4.78, 5) is 23.8. The van der Waals surface area contributed by atoms with Crippen LogP contribution in [0, 0.1) is 0 Å². The average Bonchev–Trinajstić information content (AvgIpc) is 2.15. The van der Waals surface area contributed by atoms with Crippen LogP contribution in [-0.2, 0) is 9.53 Å². The van der Waals surface area contributed by atoms with Gasteiger partial charge in [-0.3, -0.25) is 4.79 Å². The molecule has 0 saturated heterocycles. The predicted octanol–water partition coefficient (Wildman–Crippen LogP) is 0.601. The lowest BCUT2D eigenvalue weighted by Crippen LogP contribution is -2.42. The van der Waals surface area contributed by atoms with Gasteiger partial charge in [0.25, 0.3) is 0 Å². The SMILES string of the molecule is CCNC(=O)N(CC)CC(=O)OCC. The molecule has 14 heavy (non-hydrogen) atoms. The largest absolute Gasteiger partial charge is 0.465 e. The Balaban J connectivity index is 4.01. The highest BCUT2D eigenvalue weighted by Gasteiger charge is 2.14. The molecule has 5 heteroatoms. The van der Waals surface area contributed by atoms with Crippen LogP contribution >= 0.6 is 0 Å². The summed E-state index contributed by atoms with van der Waals surface area (Å²) in [6, 6.07) is -0.233. The van der Waals surface area contributed by atoms with Crippen molar-refractivity contribution in [1.29, 1.82) is 0 Å². The van der Waals surface area contributed by atoms with E-state index in [-0.39, 0.29) is 18.5 Å². The summed E-state index contributed by atoms with van der Waals surface area (Å²) in [6.07, 6.45) is 0. The fourth-order valence-electron chi connectivity index (χ4n) is 0.953. The molecule has 0 bridgehead atoms. The predicted molar refractivity (Wildman–Crippen MR) is 53.0 cm³/mol. The van der Waals surface area contributed by atoms with Gasteiger partial charge < -0.3 is 15.0 Å². The summed E-state index contributed by atoms with van der Waals surface area (Å²) < 4.78 is 4.74. The van der Waals surface area contributed by atoms with Gasteiger partial charge in [0.2, 0.25) is 0 Å². The maximum Gasteiger partial charge on any atom is 0.325 e. The smallest absolute Gasteiger partial charge is 0.325 e. The first-order valence-electron chi connectivity index (χ1n) is 4.84. The summed E-state index contributed by atoms with van der Waals surface area (Å²) in [5.74, 6) is -0.374. The van der Waals surface area contributed by atoms with Gasteiger partial charge >= 0.3 is 12.0 Å². The molecule has 1 N–H and O–H groups in total. The molecule has 0 aromatic heterocycles. The van der Waals surface area contributed by atoms with Crippen LogP contribution in [0.3, 0.4) is 0 Å². The highest BCUT2D eigenvalue weighted by Crippen LogP contribution is 1.91. The van der Waals surface area contributed by atoms with Gasteiger partial charge in [0.15, 0.2) is 0 Å². The van der Waals surface area contributed by atoms with Crippen molar-refractivity contribution in [3.8, 4) is 0 Å². The van der Waals surface area contributed by atoms with E-state index in [0.29, 0.717) is 19.7 Å². The van der Waals surface area contributed by atoms with Crippen LogP contribution in [0.1, 0.15) is 20.8 Å². The van der Waals surface area contributed by atoms with Gasteiger partial charge in [0.1, 0.15) is 6.54 Å². The molecule has 0 saturated carbocycles. The maximum atomic E-state index is 11.3. The van der Waals surface area contributed by atoms with Gasteiger partial charge in [-0.25, -0.2) is 4.79 Å². The third-order valence-corrected chi connectivity index (χ3v) is 1.62. The minimum Gasteiger partial charge on any atom is -0.465 e. The van der Waals surface area contributed by atoms with Gasteiger partial charge in [-0.05, 0) is 20.8 Å². The number of nitrogens with one attached hydrogen (secondary N) is 1. The molecule has 0 aliphatic carbocycles. The van der Waals surface area contributed by atoms with Crippen molar-refractivity contribution in [1.82, 2.24) is 10.2 Å². The van der Waals surface area contributed by atoms with Crippen molar-refractivity contribution in [2.24, 2.45) is 0 Å². The van der Waals surface area contributed by atoms with Crippen molar-refractivity contribution in [2.75, 3.05) is 26.2 Å². The third kappa shape index (κ3) is 4.69. The number of amides is 2. The minimum atomic E-state index is -0.374. The van der Waals surface area contributed by atoms with E-state index >= 15 is 0 Å². The van der Waals surface area contributed by atoms with Crippen molar-refractivity contribution in [3.05, 3.63) is 0 Å². The van der Waals surface area contributed by atoms with Crippen molar-refractivity contribution >= 4 is 12.0 Å². The first kappa shape index (κ1) is 12.7. The molecule has 0 spiro atoms. The van der Waals surface area contributed by atoms with Crippen molar-refractivity contribution in [2.45, 2.75) is 20.8 Å². The summed E-state index contributed by atoms with van der Waals surface area (Å²) in [6.45, 7) is 6.77. The summed E-state index contributed by atoms with van der Waals surface area (Å²) >= 11 is 0. The summed E-state index contributed by atoms with van der Waals surface area (Å²) in [5, 5.41) is 2.62. The molecular weight excluding hydrogens is 184 g/mol. The van der Waals surface area contributed by atoms with Gasteiger partial charge in [-0.2, -0.15) is 0 Å². The Bertz CT molecular complexity index is 194. The molecule has 0 heterocycles. The Morgan fingerprint density at radius 3 is 2.36 bits per heavy atom. The fourth-order valence-corrected chi connectivity index (χ4v) is 0.953. The summed E-state index contributed by atoms with van der Waals surface area (Å²) in [7, 11) is 0. The number of urea groups is 1. The molecule has 0 aliphatic heterocycles. The Morgan fingerprint density at radius 2 is 1.93 bits per heavy atom. The number of rotatable bonds is 5. The number of carbonyl (C=O) groups is 2. The van der Waals surface area contributed by atoms with Gasteiger partial charge in [0, 0.05) is 13.1 Å². The zero-order valence-electron chi connectivity index (χ0n) is 9.00. The average molecular weight is 202 g/mol. The van der Waals surface area contributed by atoms with Crippen molar-refractivity contribution in [3.63, 3.8) is 0 Å². The first-order chi connectivity index (χ1) is 6.65. The standard InChI is InChI=1S/C9H18N2O3/c1-4-10-9(13)11(5-2)7-8(12)14-6-3/h4-7H2,1-3H3,(H,10,13). The van der Waals surface area contributed by atoms with Gasteiger partial charge in [0.05, 0.1) is 6.61 Å². The summed E-state index contributed by atoms with van der Waals surface area (Å²) in [5.41, 5.74) is 0. The highest BCUT2D eigenvalue weighted by molar-refractivity contribution is 5.80. The normalized spacial score (nSPS) is 9.36. The van der Waals surface area contributed by atoms with Crippen LogP contribution in [-0.4, -0.2) is 43.1 Å². The molecule has 0 aliphatic rings. The second kappa shape index (κ2) is 7.17. The molecule has 5 nitrogen and oxygen atoms in total. The number of likely N-dealkylation sites (N-methyl/N-ethyl adjacent to an activating group) is 1. The Labute approximate surface area is 84.4 Å². The second-order valence-electron chi connectivity index (χ2n) is 2.65. The number of hydrogen-bond acceptors (Lipinski definition) is 3. The van der Waals surface area contributed by atoms with Crippen LogP contribution < -0.4 is 5.32 Å². The van der Waals surface area contributed by atoms with E-state index in [2.05, 4.69) is 5.32 Å². The quantitative estimate of drug-likeness (QED) is 0.664. The van der Waals surface area contributed by atoms with Crippen molar-refractivity contribution < 1.29 is 14.3 Å². The monoisotopic (exact) mass is 202 g/mol.